The molecule has 3 aromatic rings. The van der Waals surface area contributed by atoms with E-state index in [4.69, 9.17) is 5.84 Å². The molecule has 0 radical (unpaired) electrons. The standard InChI is InChI=1S/C12H12N6S/c13-16-12(11-7-14-8-19-11)10-6-15-17-18(10)9-4-2-1-3-5-9/h1-8,12,16H,13H2. The largest absolute Gasteiger partial charge is 0.270 e. The highest BCUT2D eigenvalue weighted by molar-refractivity contribution is 7.09. The fourth-order valence-electron chi connectivity index (χ4n) is 1.89. The second-order valence-electron chi connectivity index (χ2n) is 3.91. The Labute approximate surface area is 113 Å². The maximum atomic E-state index is 5.66. The summed E-state index contributed by atoms with van der Waals surface area (Å²) >= 11 is 1.54. The fraction of sp³-hybridized carbons (Fsp3) is 0.0833. The average Bonchev–Trinajstić information content (AvgIpc) is 3.12. The Morgan fingerprint density at radius 3 is 2.74 bits per heavy atom. The number of nitrogens with two attached hydrogens (primary N) is 1. The number of thiazole rings is 1. The van der Waals surface area contributed by atoms with Crippen molar-refractivity contribution in [3.8, 4) is 5.69 Å². The summed E-state index contributed by atoms with van der Waals surface area (Å²) < 4.78 is 1.77. The highest BCUT2D eigenvalue weighted by atomic mass is 32.1. The van der Waals surface area contributed by atoms with E-state index in [-0.39, 0.29) is 6.04 Å². The van der Waals surface area contributed by atoms with E-state index >= 15 is 0 Å². The van der Waals surface area contributed by atoms with Crippen LogP contribution in [0.15, 0.2) is 48.2 Å². The molecule has 0 fully saturated rings. The van der Waals surface area contributed by atoms with Crippen molar-refractivity contribution in [1.29, 1.82) is 0 Å². The minimum Gasteiger partial charge on any atom is -0.270 e. The molecule has 0 aliphatic carbocycles. The fourth-order valence-corrected chi connectivity index (χ4v) is 2.58. The molecule has 6 nitrogen and oxygen atoms in total. The maximum Gasteiger partial charge on any atom is 0.101 e. The Morgan fingerprint density at radius 1 is 1.21 bits per heavy atom. The third kappa shape index (κ3) is 2.26. The molecule has 1 unspecified atom stereocenters. The van der Waals surface area contributed by atoms with Crippen LogP contribution in [0.3, 0.4) is 0 Å². The molecule has 1 aromatic carbocycles. The molecule has 0 aliphatic heterocycles. The van der Waals surface area contributed by atoms with E-state index in [0.29, 0.717) is 0 Å². The molecule has 7 heteroatoms. The number of hydrogen-bond donors (Lipinski definition) is 2. The summed E-state index contributed by atoms with van der Waals surface area (Å²) in [4.78, 5) is 5.09. The Kier molecular flexibility index (Phi) is 3.32. The molecule has 0 aliphatic rings. The maximum absolute atomic E-state index is 5.66. The van der Waals surface area contributed by atoms with Gasteiger partial charge in [-0.3, -0.25) is 10.8 Å². The first-order valence-electron chi connectivity index (χ1n) is 5.70. The van der Waals surface area contributed by atoms with Crippen LogP contribution in [-0.2, 0) is 0 Å². The molecule has 96 valence electrons. The third-order valence-corrected chi connectivity index (χ3v) is 3.62. The molecular formula is C12H12N6S. The van der Waals surface area contributed by atoms with Gasteiger partial charge in [0.15, 0.2) is 0 Å². The van der Waals surface area contributed by atoms with Crippen LogP contribution < -0.4 is 11.3 Å². The average molecular weight is 272 g/mol. The van der Waals surface area contributed by atoms with Crippen molar-refractivity contribution in [2.75, 3.05) is 0 Å². The molecule has 0 bridgehead atoms. The summed E-state index contributed by atoms with van der Waals surface area (Å²) in [7, 11) is 0. The molecule has 3 rings (SSSR count). The highest BCUT2D eigenvalue weighted by Crippen LogP contribution is 2.25. The summed E-state index contributed by atoms with van der Waals surface area (Å²) in [6.07, 6.45) is 3.49. The van der Waals surface area contributed by atoms with Crippen LogP contribution in [0.2, 0.25) is 0 Å². The number of rotatable bonds is 4. The lowest BCUT2D eigenvalue weighted by Crippen LogP contribution is -2.30. The lowest BCUT2D eigenvalue weighted by molar-refractivity contribution is 0.602. The second-order valence-corrected chi connectivity index (χ2v) is 4.83. The molecule has 1 atom stereocenters. The molecule has 3 N–H and O–H groups in total. The zero-order valence-electron chi connectivity index (χ0n) is 9.97. The monoisotopic (exact) mass is 272 g/mol. The lowest BCUT2D eigenvalue weighted by Gasteiger charge is -2.14. The van der Waals surface area contributed by atoms with Gasteiger partial charge in [-0.2, -0.15) is 0 Å². The van der Waals surface area contributed by atoms with E-state index in [0.717, 1.165) is 16.3 Å². The van der Waals surface area contributed by atoms with Crippen molar-refractivity contribution in [2.45, 2.75) is 6.04 Å². The second kappa shape index (κ2) is 5.27. The first kappa shape index (κ1) is 12.0. The van der Waals surface area contributed by atoms with Crippen LogP contribution in [0.5, 0.6) is 0 Å². The van der Waals surface area contributed by atoms with Crippen molar-refractivity contribution in [2.24, 2.45) is 5.84 Å². The summed E-state index contributed by atoms with van der Waals surface area (Å²) in [5.74, 6) is 5.66. The van der Waals surface area contributed by atoms with E-state index in [9.17, 15) is 0 Å². The van der Waals surface area contributed by atoms with Crippen molar-refractivity contribution in [3.05, 3.63) is 58.8 Å². The van der Waals surface area contributed by atoms with Crippen LogP contribution >= 0.6 is 11.3 Å². The zero-order valence-corrected chi connectivity index (χ0v) is 10.8. The SMILES string of the molecule is NNC(c1cncs1)c1cnnn1-c1ccccc1. The molecule has 0 amide bonds. The quantitative estimate of drug-likeness (QED) is 0.552. The van der Waals surface area contributed by atoms with Crippen LogP contribution in [-0.4, -0.2) is 20.0 Å². The van der Waals surface area contributed by atoms with Gasteiger partial charge in [0.1, 0.15) is 6.04 Å². The van der Waals surface area contributed by atoms with E-state index in [1.165, 1.54) is 11.3 Å². The van der Waals surface area contributed by atoms with Gasteiger partial charge in [-0.25, -0.2) is 10.1 Å². The van der Waals surface area contributed by atoms with Crippen molar-refractivity contribution in [1.82, 2.24) is 25.4 Å². The topological polar surface area (TPSA) is 81.7 Å². The van der Waals surface area contributed by atoms with Gasteiger partial charge in [-0.05, 0) is 12.1 Å². The van der Waals surface area contributed by atoms with Crippen LogP contribution in [0.25, 0.3) is 5.69 Å². The Bertz CT molecular complexity index is 633. The van der Waals surface area contributed by atoms with Gasteiger partial charge in [-0.1, -0.05) is 23.4 Å². The van der Waals surface area contributed by atoms with Gasteiger partial charge in [0.2, 0.25) is 0 Å². The smallest absolute Gasteiger partial charge is 0.101 e. The van der Waals surface area contributed by atoms with E-state index in [2.05, 4.69) is 20.7 Å². The van der Waals surface area contributed by atoms with Gasteiger partial charge in [-0.15, -0.1) is 16.4 Å². The van der Waals surface area contributed by atoms with Crippen LogP contribution in [0, 0.1) is 0 Å². The number of hydrazine groups is 1. The normalized spacial score (nSPS) is 12.5. The number of benzene rings is 1. The molecule has 2 heterocycles. The Hall–Kier alpha value is -2.09. The van der Waals surface area contributed by atoms with Crippen molar-refractivity contribution in [3.63, 3.8) is 0 Å². The van der Waals surface area contributed by atoms with Gasteiger partial charge in [0.25, 0.3) is 0 Å². The number of hydrogen-bond acceptors (Lipinski definition) is 6. The molecule has 0 saturated carbocycles. The summed E-state index contributed by atoms with van der Waals surface area (Å²) in [5.41, 5.74) is 6.38. The number of nitrogens with zero attached hydrogens (tertiary/aromatic N) is 4. The summed E-state index contributed by atoms with van der Waals surface area (Å²) in [6, 6.07) is 9.64. The summed E-state index contributed by atoms with van der Waals surface area (Å²) in [6.45, 7) is 0. The number of nitrogens with one attached hydrogen (secondary N) is 1. The lowest BCUT2D eigenvalue weighted by atomic mass is 10.2. The van der Waals surface area contributed by atoms with Gasteiger partial charge in [0, 0.05) is 11.1 Å². The molecule has 2 aromatic heterocycles. The van der Waals surface area contributed by atoms with Gasteiger partial charge < -0.3 is 0 Å². The van der Waals surface area contributed by atoms with Crippen LogP contribution in [0.4, 0.5) is 0 Å². The number of para-hydroxylation sites is 1. The van der Waals surface area contributed by atoms with E-state index in [1.807, 2.05) is 30.3 Å². The third-order valence-electron chi connectivity index (χ3n) is 2.77. The van der Waals surface area contributed by atoms with Crippen LogP contribution in [0.1, 0.15) is 16.6 Å². The van der Waals surface area contributed by atoms with Gasteiger partial charge in [0.05, 0.1) is 23.1 Å². The number of aromatic nitrogens is 4. The molecular weight excluding hydrogens is 260 g/mol. The minimum atomic E-state index is -0.178. The Balaban J connectivity index is 2.04. The zero-order chi connectivity index (χ0) is 13.1. The van der Waals surface area contributed by atoms with E-state index < -0.39 is 0 Å². The molecule has 0 saturated heterocycles. The van der Waals surface area contributed by atoms with Crippen molar-refractivity contribution >= 4 is 11.3 Å². The predicted molar refractivity (Wildman–Crippen MR) is 72.6 cm³/mol. The summed E-state index contributed by atoms with van der Waals surface area (Å²) in [5, 5.41) is 8.10. The van der Waals surface area contributed by atoms with E-state index in [1.54, 1.807) is 22.6 Å². The van der Waals surface area contributed by atoms with Gasteiger partial charge >= 0.3 is 0 Å². The first-order chi connectivity index (χ1) is 9.40. The predicted octanol–water partition coefficient (Wildman–Crippen LogP) is 1.28. The highest BCUT2D eigenvalue weighted by Gasteiger charge is 2.20. The molecule has 0 spiro atoms. The minimum absolute atomic E-state index is 0.178. The first-order valence-corrected chi connectivity index (χ1v) is 6.58. The molecule has 19 heavy (non-hydrogen) atoms. The Morgan fingerprint density at radius 2 is 2.05 bits per heavy atom. The van der Waals surface area contributed by atoms with Crippen molar-refractivity contribution < 1.29 is 0 Å².